The van der Waals surface area contributed by atoms with Gasteiger partial charge >= 0.3 is 0 Å². The number of phenols is 2. The Kier molecular flexibility index (Phi) is 11.0. The first-order chi connectivity index (χ1) is 21.1. The zero-order chi connectivity index (χ0) is 32.0. The van der Waals surface area contributed by atoms with E-state index >= 15 is 0 Å². The van der Waals surface area contributed by atoms with Gasteiger partial charge in [-0.1, -0.05) is 0 Å². The molecule has 0 spiro atoms. The SMILES string of the molecule is COc1cc(C[C@H](C(=O)N2CCN(C)CC2)[C@@H](Cc2cc(OC)c(O)c(OC)c2)C(=O)N2CCN(C)CC2)cc(OC)c1O. The van der Waals surface area contributed by atoms with E-state index in [1.807, 2.05) is 23.9 Å². The Morgan fingerprint density at radius 1 is 0.591 bits per heavy atom. The van der Waals surface area contributed by atoms with Crippen molar-refractivity contribution in [1.29, 1.82) is 0 Å². The molecule has 2 aromatic rings. The van der Waals surface area contributed by atoms with E-state index in [1.165, 1.54) is 28.4 Å². The summed E-state index contributed by atoms with van der Waals surface area (Å²) in [4.78, 5) is 37.0. The van der Waals surface area contributed by atoms with Crippen LogP contribution in [0.4, 0.5) is 0 Å². The van der Waals surface area contributed by atoms with Gasteiger partial charge in [-0.3, -0.25) is 9.59 Å². The Labute approximate surface area is 259 Å². The molecule has 2 saturated heterocycles. The summed E-state index contributed by atoms with van der Waals surface area (Å²) in [5, 5.41) is 21.1. The van der Waals surface area contributed by atoms with Gasteiger partial charge in [0.25, 0.3) is 0 Å². The minimum absolute atomic E-state index is 0.103. The van der Waals surface area contributed by atoms with Crippen molar-refractivity contribution in [2.45, 2.75) is 12.8 Å². The molecular formula is C32H46N4O8. The summed E-state index contributed by atoms with van der Waals surface area (Å²) in [5.74, 6) is -1.06. The number of rotatable bonds is 11. The van der Waals surface area contributed by atoms with Gasteiger partial charge in [-0.05, 0) is 62.3 Å². The van der Waals surface area contributed by atoms with Crippen molar-refractivity contribution in [3.63, 3.8) is 0 Å². The highest BCUT2D eigenvalue weighted by Crippen LogP contribution is 2.41. The topological polar surface area (TPSA) is 124 Å². The molecule has 0 unspecified atom stereocenters. The van der Waals surface area contributed by atoms with Gasteiger partial charge in [0.15, 0.2) is 23.0 Å². The van der Waals surface area contributed by atoms with Crippen molar-refractivity contribution in [3.05, 3.63) is 35.4 Å². The standard InChI is InChI=1S/C32H46N4O8/c1-33-7-11-35(12-8-33)31(39)23(15-21-17-25(41-3)29(37)26(18-21)42-4)24(32(40)36-13-9-34(2)10-14-36)16-22-19-27(43-5)30(38)28(20-22)44-6/h17-20,23-24,37-38H,7-16H2,1-6H3/t23-,24+. The quantitative estimate of drug-likeness (QED) is 0.387. The molecule has 0 aromatic heterocycles. The van der Waals surface area contributed by atoms with Crippen molar-refractivity contribution in [2.24, 2.45) is 11.8 Å². The van der Waals surface area contributed by atoms with Crippen molar-refractivity contribution in [3.8, 4) is 34.5 Å². The fourth-order valence-corrected chi connectivity index (χ4v) is 5.97. The highest BCUT2D eigenvalue weighted by atomic mass is 16.5. The molecule has 12 nitrogen and oxygen atoms in total. The summed E-state index contributed by atoms with van der Waals surface area (Å²) in [7, 11) is 9.87. The molecule has 2 atom stereocenters. The molecule has 242 valence electrons. The molecule has 44 heavy (non-hydrogen) atoms. The van der Waals surface area contributed by atoms with Crippen molar-refractivity contribution in [2.75, 3.05) is 94.9 Å². The number of carbonyl (C=O) groups is 2. The van der Waals surface area contributed by atoms with Crippen molar-refractivity contribution in [1.82, 2.24) is 19.6 Å². The first-order valence-corrected chi connectivity index (χ1v) is 14.9. The number of piperazine rings is 2. The molecule has 4 rings (SSSR count). The fraction of sp³-hybridized carbons (Fsp3) is 0.562. The number of ether oxygens (including phenoxy) is 4. The molecule has 12 heteroatoms. The van der Waals surface area contributed by atoms with E-state index < -0.39 is 11.8 Å². The molecule has 2 amide bonds. The van der Waals surface area contributed by atoms with Gasteiger partial charge in [0, 0.05) is 52.4 Å². The molecule has 2 fully saturated rings. The number of phenolic OH excluding ortho intramolecular Hbond substituents is 2. The van der Waals surface area contributed by atoms with Gasteiger partial charge in [-0.15, -0.1) is 0 Å². The van der Waals surface area contributed by atoms with E-state index in [2.05, 4.69) is 9.80 Å². The second-order valence-corrected chi connectivity index (χ2v) is 11.6. The highest BCUT2D eigenvalue weighted by Gasteiger charge is 2.40. The number of benzene rings is 2. The van der Waals surface area contributed by atoms with Crippen LogP contribution in [0.25, 0.3) is 0 Å². The molecule has 2 aliphatic heterocycles. The lowest BCUT2D eigenvalue weighted by Gasteiger charge is -2.39. The van der Waals surface area contributed by atoms with Gasteiger partial charge in [0.2, 0.25) is 23.3 Å². The van der Waals surface area contributed by atoms with Crippen LogP contribution in [0.15, 0.2) is 24.3 Å². The Hall–Kier alpha value is -3.90. The lowest BCUT2D eigenvalue weighted by Crippen LogP contribution is -2.54. The van der Waals surface area contributed by atoms with E-state index in [9.17, 15) is 19.8 Å². The molecule has 0 bridgehead atoms. The Morgan fingerprint density at radius 3 is 1.11 bits per heavy atom. The second kappa shape index (κ2) is 14.7. The summed E-state index contributed by atoms with van der Waals surface area (Å²) in [6.45, 7) is 5.19. The number of hydrogen-bond acceptors (Lipinski definition) is 10. The van der Waals surface area contributed by atoms with E-state index in [1.54, 1.807) is 24.3 Å². The largest absolute Gasteiger partial charge is 0.502 e. The van der Waals surface area contributed by atoms with Gasteiger partial charge in [-0.2, -0.15) is 0 Å². The third-order valence-corrected chi connectivity index (χ3v) is 8.74. The minimum Gasteiger partial charge on any atom is -0.502 e. The van der Waals surface area contributed by atoms with Gasteiger partial charge in [0.05, 0.1) is 40.3 Å². The number of methoxy groups -OCH3 is 4. The first kappa shape index (κ1) is 33.0. The third-order valence-electron chi connectivity index (χ3n) is 8.74. The number of hydrogen-bond donors (Lipinski definition) is 2. The summed E-state index contributed by atoms with van der Waals surface area (Å²) < 4.78 is 21.6. The maximum absolute atomic E-state index is 14.5. The molecule has 0 saturated carbocycles. The molecule has 2 aromatic carbocycles. The van der Waals surface area contributed by atoms with Crippen LogP contribution in [-0.2, 0) is 22.4 Å². The monoisotopic (exact) mass is 614 g/mol. The van der Waals surface area contributed by atoms with Gasteiger partial charge in [0.1, 0.15) is 0 Å². The Morgan fingerprint density at radius 2 is 0.864 bits per heavy atom. The van der Waals surface area contributed by atoms with Crippen molar-refractivity contribution < 1.29 is 38.7 Å². The number of nitrogens with zero attached hydrogens (tertiary/aromatic N) is 4. The lowest BCUT2D eigenvalue weighted by molar-refractivity contribution is -0.148. The zero-order valence-corrected chi connectivity index (χ0v) is 26.7. The smallest absolute Gasteiger partial charge is 0.226 e. The summed E-state index contributed by atoms with van der Waals surface area (Å²) >= 11 is 0. The van der Waals surface area contributed by atoms with Crippen molar-refractivity contribution >= 4 is 11.8 Å². The average molecular weight is 615 g/mol. The number of amides is 2. The van der Waals surface area contributed by atoms with Crippen LogP contribution in [0.5, 0.6) is 34.5 Å². The van der Waals surface area contributed by atoms with E-state index in [0.29, 0.717) is 37.3 Å². The van der Waals surface area contributed by atoms with E-state index in [0.717, 1.165) is 26.2 Å². The third kappa shape index (κ3) is 7.41. The normalized spacial score (nSPS) is 17.6. The summed E-state index contributed by atoms with van der Waals surface area (Å²) in [5.41, 5.74) is 1.39. The Bertz CT molecular complexity index is 1160. The maximum atomic E-state index is 14.5. The second-order valence-electron chi connectivity index (χ2n) is 11.6. The molecule has 0 aliphatic carbocycles. The predicted octanol–water partition coefficient (Wildman–Crippen LogP) is 1.70. The predicted molar refractivity (Wildman–Crippen MR) is 165 cm³/mol. The first-order valence-electron chi connectivity index (χ1n) is 14.9. The number of likely N-dealkylation sites (N-methyl/N-ethyl adjacent to an activating group) is 2. The van der Waals surface area contributed by atoms with Gasteiger partial charge < -0.3 is 48.8 Å². The summed E-state index contributed by atoms with van der Waals surface area (Å²) in [6, 6.07) is 6.75. The van der Waals surface area contributed by atoms with Crippen LogP contribution in [-0.4, -0.2) is 137 Å². The summed E-state index contributed by atoms with van der Waals surface area (Å²) in [6.07, 6.45) is 0.434. The van der Waals surface area contributed by atoms with Crippen LogP contribution in [0, 0.1) is 11.8 Å². The van der Waals surface area contributed by atoms with E-state index in [-0.39, 0.29) is 59.2 Å². The van der Waals surface area contributed by atoms with Crippen LogP contribution in [0.2, 0.25) is 0 Å². The van der Waals surface area contributed by atoms with Crippen LogP contribution in [0.3, 0.4) is 0 Å². The van der Waals surface area contributed by atoms with Gasteiger partial charge in [-0.25, -0.2) is 0 Å². The Balaban J connectivity index is 1.81. The minimum atomic E-state index is -0.740. The molecular weight excluding hydrogens is 568 g/mol. The number of aromatic hydroxyl groups is 2. The van der Waals surface area contributed by atoms with E-state index in [4.69, 9.17) is 18.9 Å². The molecule has 0 radical (unpaired) electrons. The molecule has 2 N–H and O–H groups in total. The zero-order valence-electron chi connectivity index (χ0n) is 26.7. The van der Waals surface area contributed by atoms with Crippen LogP contribution >= 0.6 is 0 Å². The fourth-order valence-electron chi connectivity index (χ4n) is 5.97. The average Bonchev–Trinajstić information content (AvgIpc) is 3.03. The molecule has 2 aliphatic rings. The highest BCUT2D eigenvalue weighted by molar-refractivity contribution is 5.88. The molecule has 2 heterocycles. The lowest BCUT2D eigenvalue weighted by atomic mass is 9.80. The maximum Gasteiger partial charge on any atom is 0.226 e. The van der Waals surface area contributed by atoms with Crippen LogP contribution in [0.1, 0.15) is 11.1 Å². The number of carbonyl (C=O) groups excluding carboxylic acids is 2. The van der Waals surface area contributed by atoms with Crippen LogP contribution < -0.4 is 18.9 Å².